The number of benzene rings is 1. The molecule has 1 aromatic rings. The molecule has 1 rings (SSSR count). The van der Waals surface area contributed by atoms with Crippen molar-refractivity contribution in [3.8, 4) is 17.6 Å². The Labute approximate surface area is 106 Å². The summed E-state index contributed by atoms with van der Waals surface area (Å²) >= 11 is 0. The summed E-state index contributed by atoms with van der Waals surface area (Å²) in [5, 5.41) is 9.54. The average Bonchev–Trinajstić information content (AvgIpc) is 2.37. The number of aromatic hydroxyl groups is 1. The van der Waals surface area contributed by atoms with Crippen molar-refractivity contribution >= 4 is 11.8 Å². The maximum absolute atomic E-state index is 11.5. The van der Waals surface area contributed by atoms with Gasteiger partial charge in [0.1, 0.15) is 5.75 Å². The highest BCUT2D eigenvalue weighted by Gasteiger charge is 2.09. The van der Waals surface area contributed by atoms with Crippen molar-refractivity contribution in [1.82, 2.24) is 0 Å². The van der Waals surface area contributed by atoms with E-state index in [2.05, 4.69) is 16.6 Å². The molecule has 0 unspecified atom stereocenters. The monoisotopic (exact) mass is 246 g/mol. The molecule has 0 aromatic heterocycles. The number of phenolic OH excluding ortho intramolecular Hbond substituents is 1. The Bertz CT molecular complexity index is 520. The minimum absolute atomic E-state index is 0.0801. The minimum Gasteiger partial charge on any atom is -0.507 e. The summed E-state index contributed by atoms with van der Waals surface area (Å²) in [6.07, 6.45) is 0.294. The molecule has 18 heavy (non-hydrogen) atoms. The van der Waals surface area contributed by atoms with E-state index in [1.54, 1.807) is 13.8 Å². The minimum atomic E-state index is -0.617. The zero-order valence-corrected chi connectivity index (χ0v) is 10.3. The first kappa shape index (κ1) is 13.8. The average molecular weight is 246 g/mol. The molecule has 0 atom stereocenters. The summed E-state index contributed by atoms with van der Waals surface area (Å²) in [5.74, 6) is 4.02. The maximum atomic E-state index is 11.5. The third kappa shape index (κ3) is 3.63. The molecule has 0 amide bonds. The van der Waals surface area contributed by atoms with Crippen LogP contribution in [0.5, 0.6) is 5.75 Å². The summed E-state index contributed by atoms with van der Waals surface area (Å²) in [6, 6.07) is 4.39. The Balaban J connectivity index is 2.98. The lowest BCUT2D eigenvalue weighted by atomic mass is 10.0. The van der Waals surface area contributed by atoms with Crippen molar-refractivity contribution in [2.75, 3.05) is 6.61 Å². The van der Waals surface area contributed by atoms with Crippen LogP contribution in [0.4, 0.5) is 0 Å². The zero-order valence-electron chi connectivity index (χ0n) is 10.3. The molecule has 1 aromatic carbocycles. The molecule has 0 aliphatic heterocycles. The summed E-state index contributed by atoms with van der Waals surface area (Å²) in [4.78, 5) is 22.6. The van der Waals surface area contributed by atoms with Crippen molar-refractivity contribution < 1.29 is 19.4 Å². The number of hydrogen-bond donors (Lipinski definition) is 1. The van der Waals surface area contributed by atoms with Gasteiger partial charge in [0.15, 0.2) is 5.78 Å². The summed E-state index contributed by atoms with van der Waals surface area (Å²) < 4.78 is 4.66. The second-order valence-corrected chi connectivity index (χ2v) is 3.48. The van der Waals surface area contributed by atoms with E-state index in [9.17, 15) is 14.7 Å². The van der Waals surface area contributed by atoms with E-state index >= 15 is 0 Å². The van der Waals surface area contributed by atoms with E-state index in [1.165, 1.54) is 18.2 Å². The Morgan fingerprint density at radius 3 is 2.67 bits per heavy atom. The van der Waals surface area contributed by atoms with Crippen molar-refractivity contribution in [3.05, 3.63) is 29.3 Å². The number of ketones is 1. The van der Waals surface area contributed by atoms with Crippen molar-refractivity contribution in [3.63, 3.8) is 0 Å². The van der Waals surface area contributed by atoms with Crippen LogP contribution >= 0.6 is 0 Å². The highest BCUT2D eigenvalue weighted by atomic mass is 16.5. The van der Waals surface area contributed by atoms with Gasteiger partial charge in [0.25, 0.3) is 0 Å². The van der Waals surface area contributed by atoms with Crippen molar-refractivity contribution in [1.29, 1.82) is 0 Å². The van der Waals surface area contributed by atoms with Gasteiger partial charge in [0.05, 0.1) is 12.2 Å². The van der Waals surface area contributed by atoms with Gasteiger partial charge in [-0.2, -0.15) is 0 Å². The number of rotatable bonds is 3. The number of Topliss-reactive ketones (excluding diaryl/α,β-unsaturated/α-hetero) is 1. The predicted octanol–water partition coefficient (Wildman–Crippen LogP) is 1.90. The molecular weight excluding hydrogens is 232 g/mol. The number of ether oxygens (including phenoxy) is 1. The molecule has 4 heteroatoms. The van der Waals surface area contributed by atoms with Crippen LogP contribution in [0.2, 0.25) is 0 Å². The Morgan fingerprint density at radius 2 is 2.06 bits per heavy atom. The molecule has 0 saturated carbocycles. The van der Waals surface area contributed by atoms with Crippen LogP contribution in [-0.4, -0.2) is 23.5 Å². The molecule has 0 aliphatic carbocycles. The number of carbonyl (C=O) groups excluding carboxylic acids is 2. The SMILES string of the molecule is CCOC(=O)C#Cc1ccc(O)c(C(=O)CC)c1. The van der Waals surface area contributed by atoms with Gasteiger partial charge >= 0.3 is 5.97 Å². The topological polar surface area (TPSA) is 63.6 Å². The van der Waals surface area contributed by atoms with Crippen LogP contribution in [0.25, 0.3) is 0 Å². The normalized spacial score (nSPS) is 9.22. The number of esters is 1. The molecule has 4 nitrogen and oxygen atoms in total. The Kier molecular flexibility index (Phi) is 4.94. The van der Waals surface area contributed by atoms with Crippen molar-refractivity contribution in [2.24, 2.45) is 0 Å². The first-order chi connectivity index (χ1) is 8.58. The second kappa shape index (κ2) is 6.45. The smallest absolute Gasteiger partial charge is 0.384 e. The van der Waals surface area contributed by atoms with Gasteiger partial charge in [-0.25, -0.2) is 4.79 Å². The van der Waals surface area contributed by atoms with Gasteiger partial charge in [0, 0.05) is 17.9 Å². The van der Waals surface area contributed by atoms with Gasteiger partial charge in [-0.1, -0.05) is 12.8 Å². The predicted molar refractivity (Wildman–Crippen MR) is 66.2 cm³/mol. The lowest BCUT2D eigenvalue weighted by Gasteiger charge is -2.02. The maximum Gasteiger partial charge on any atom is 0.384 e. The van der Waals surface area contributed by atoms with Gasteiger partial charge in [-0.05, 0) is 25.1 Å². The quantitative estimate of drug-likeness (QED) is 0.502. The lowest BCUT2D eigenvalue weighted by Crippen LogP contribution is -2.00. The summed E-state index contributed by atoms with van der Waals surface area (Å²) in [7, 11) is 0. The Morgan fingerprint density at radius 1 is 1.33 bits per heavy atom. The van der Waals surface area contributed by atoms with Crippen LogP contribution in [0.1, 0.15) is 36.2 Å². The standard InChI is InChI=1S/C14H14O4/c1-3-12(15)11-9-10(5-7-13(11)16)6-8-14(17)18-4-2/h5,7,9,16H,3-4H2,1-2H3. The zero-order chi connectivity index (χ0) is 13.5. The van der Waals surface area contributed by atoms with E-state index in [1.807, 2.05) is 0 Å². The first-order valence-electron chi connectivity index (χ1n) is 5.63. The van der Waals surface area contributed by atoms with Crippen LogP contribution in [-0.2, 0) is 9.53 Å². The molecule has 0 aliphatic rings. The molecule has 0 radical (unpaired) electrons. The third-order valence-electron chi connectivity index (χ3n) is 2.20. The molecule has 0 fully saturated rings. The van der Waals surface area contributed by atoms with Gasteiger partial charge in [0.2, 0.25) is 0 Å². The number of carbonyl (C=O) groups is 2. The number of hydrogen-bond acceptors (Lipinski definition) is 4. The fourth-order valence-electron chi connectivity index (χ4n) is 1.32. The molecule has 0 heterocycles. The molecule has 0 spiro atoms. The van der Waals surface area contributed by atoms with Gasteiger partial charge < -0.3 is 9.84 Å². The van der Waals surface area contributed by atoms with Gasteiger partial charge in [-0.3, -0.25) is 4.79 Å². The highest BCUT2D eigenvalue weighted by Crippen LogP contribution is 2.19. The fourth-order valence-corrected chi connectivity index (χ4v) is 1.32. The van der Waals surface area contributed by atoms with Crippen molar-refractivity contribution in [2.45, 2.75) is 20.3 Å². The van der Waals surface area contributed by atoms with E-state index in [4.69, 9.17) is 0 Å². The third-order valence-corrected chi connectivity index (χ3v) is 2.20. The molecular formula is C14H14O4. The van der Waals surface area contributed by atoms with Crippen LogP contribution < -0.4 is 0 Å². The van der Waals surface area contributed by atoms with Crippen LogP contribution in [0, 0.1) is 11.8 Å². The first-order valence-corrected chi connectivity index (χ1v) is 5.63. The van der Waals surface area contributed by atoms with Crippen LogP contribution in [0.15, 0.2) is 18.2 Å². The number of phenols is 1. The van der Waals surface area contributed by atoms with E-state index < -0.39 is 5.97 Å². The van der Waals surface area contributed by atoms with E-state index in [-0.39, 0.29) is 23.7 Å². The molecule has 94 valence electrons. The largest absolute Gasteiger partial charge is 0.507 e. The summed E-state index contributed by atoms with van der Waals surface area (Å²) in [5.41, 5.74) is 0.700. The fraction of sp³-hybridized carbons (Fsp3) is 0.286. The molecule has 0 saturated heterocycles. The lowest BCUT2D eigenvalue weighted by molar-refractivity contribution is -0.136. The highest BCUT2D eigenvalue weighted by molar-refractivity contribution is 5.98. The molecule has 1 N–H and O–H groups in total. The van der Waals surface area contributed by atoms with Gasteiger partial charge in [-0.15, -0.1) is 0 Å². The molecule has 0 bridgehead atoms. The van der Waals surface area contributed by atoms with E-state index in [0.29, 0.717) is 12.0 Å². The summed E-state index contributed by atoms with van der Waals surface area (Å²) in [6.45, 7) is 3.67. The Hall–Kier alpha value is -2.28. The van der Waals surface area contributed by atoms with Crippen LogP contribution in [0.3, 0.4) is 0 Å². The second-order valence-electron chi connectivity index (χ2n) is 3.48. The van der Waals surface area contributed by atoms with E-state index in [0.717, 1.165) is 0 Å².